The molecule has 5 unspecified atom stereocenters. The maximum Gasteiger partial charge on any atom is 0.0865 e. The van der Waals surface area contributed by atoms with E-state index in [1.165, 1.54) is 6.42 Å². The molecule has 0 amide bonds. The summed E-state index contributed by atoms with van der Waals surface area (Å²) in [6.45, 7) is 18.1. The van der Waals surface area contributed by atoms with Gasteiger partial charge in [0, 0.05) is 0 Å². The van der Waals surface area contributed by atoms with E-state index in [1.807, 2.05) is 13.8 Å². The minimum absolute atomic E-state index is 0.0704. The molecule has 1 heterocycles. The lowest BCUT2D eigenvalue weighted by molar-refractivity contribution is -0.257. The van der Waals surface area contributed by atoms with Crippen LogP contribution in [0.3, 0.4) is 0 Å². The van der Waals surface area contributed by atoms with Gasteiger partial charge in [0.15, 0.2) is 0 Å². The second-order valence-electron chi connectivity index (χ2n) is 15.5. The monoisotopic (exact) mass is 476 g/mol. The highest BCUT2D eigenvalue weighted by Crippen LogP contribution is 2.76. The quantitative estimate of drug-likeness (QED) is 0.477. The molecule has 196 valence electrons. The van der Waals surface area contributed by atoms with Crippen LogP contribution in [0, 0.1) is 45.3 Å². The highest BCUT2D eigenvalue weighted by atomic mass is 16.5. The molecule has 4 nitrogen and oxygen atoms in total. The molecule has 0 radical (unpaired) electrons. The molecule has 11 atom stereocenters. The van der Waals surface area contributed by atoms with Gasteiger partial charge in [-0.15, -0.1) is 0 Å². The standard InChI is InChI=1S/C30H52O4/c1-25(2)21-10-15-29(7)24(27(21,5)13-11-22(25)32)20(31)17-19-18(9-14-28(19,29)6)30(8)16-12-23(34-30)26(3,4)33/h18-24,31-33H,9-17H2,1-8H3/t18-,19?,20?,21?,22-,23-,24?,27-,28+,29+,30?/m0/s1. The van der Waals surface area contributed by atoms with Crippen LogP contribution in [0.4, 0.5) is 0 Å². The SMILES string of the molecule is CC(C)(O)[C@@H]1CCC(C)([C@H]2CC[C@]3(C)C2CC(O)C2[C@@]4(C)CC[C@H](O)C(C)(C)C4CC[C@]23C)O1. The van der Waals surface area contributed by atoms with Gasteiger partial charge in [-0.1, -0.05) is 34.6 Å². The van der Waals surface area contributed by atoms with Gasteiger partial charge < -0.3 is 20.1 Å². The van der Waals surface area contributed by atoms with Crippen molar-refractivity contribution in [1.29, 1.82) is 0 Å². The molecule has 4 heteroatoms. The molecule has 0 aromatic rings. The number of aliphatic hydroxyl groups excluding tert-OH is 2. The predicted octanol–water partition coefficient (Wildman–Crippen LogP) is 5.71. The second-order valence-corrected chi connectivity index (χ2v) is 15.5. The molecule has 0 bridgehead atoms. The summed E-state index contributed by atoms with van der Waals surface area (Å²) in [5.74, 6) is 1.63. The number of hydrogen-bond donors (Lipinski definition) is 3. The van der Waals surface area contributed by atoms with Gasteiger partial charge in [-0.3, -0.25) is 0 Å². The zero-order valence-electron chi connectivity index (χ0n) is 23.2. The van der Waals surface area contributed by atoms with Crippen molar-refractivity contribution < 1.29 is 20.1 Å². The molecule has 0 aromatic carbocycles. The lowest BCUT2D eigenvalue weighted by Gasteiger charge is -2.70. The van der Waals surface area contributed by atoms with Crippen LogP contribution in [0.1, 0.15) is 113 Å². The van der Waals surface area contributed by atoms with E-state index in [9.17, 15) is 15.3 Å². The van der Waals surface area contributed by atoms with Crippen molar-refractivity contribution in [3.8, 4) is 0 Å². The van der Waals surface area contributed by atoms with E-state index in [4.69, 9.17) is 4.74 Å². The first-order chi connectivity index (χ1) is 15.5. The van der Waals surface area contributed by atoms with E-state index in [0.29, 0.717) is 17.8 Å². The van der Waals surface area contributed by atoms with Crippen molar-refractivity contribution in [1.82, 2.24) is 0 Å². The van der Waals surface area contributed by atoms with Gasteiger partial charge in [0.2, 0.25) is 0 Å². The third kappa shape index (κ3) is 3.16. The van der Waals surface area contributed by atoms with Gasteiger partial charge in [0.1, 0.15) is 0 Å². The summed E-state index contributed by atoms with van der Waals surface area (Å²) in [5, 5.41) is 33.5. The fraction of sp³-hybridized carbons (Fsp3) is 1.00. The van der Waals surface area contributed by atoms with E-state index in [2.05, 4.69) is 41.5 Å². The first kappa shape index (κ1) is 25.5. The maximum absolute atomic E-state index is 12.0. The second kappa shape index (κ2) is 7.45. The third-order valence-electron chi connectivity index (χ3n) is 13.2. The molecule has 0 aromatic heterocycles. The van der Waals surface area contributed by atoms with Gasteiger partial charge in [-0.2, -0.15) is 0 Å². The van der Waals surface area contributed by atoms with Gasteiger partial charge in [0.05, 0.1) is 29.5 Å². The Kier molecular flexibility index (Phi) is 5.59. The summed E-state index contributed by atoms with van der Waals surface area (Å²) in [6.07, 6.45) is 8.71. The van der Waals surface area contributed by atoms with E-state index in [-0.39, 0.29) is 51.5 Å². The van der Waals surface area contributed by atoms with Crippen molar-refractivity contribution in [2.24, 2.45) is 45.3 Å². The summed E-state index contributed by atoms with van der Waals surface area (Å²) in [5.41, 5.74) is -0.766. The number of rotatable bonds is 2. The molecule has 3 N–H and O–H groups in total. The molecule has 4 saturated carbocycles. The van der Waals surface area contributed by atoms with Crippen LogP contribution < -0.4 is 0 Å². The Morgan fingerprint density at radius 1 is 0.765 bits per heavy atom. The highest BCUT2D eigenvalue weighted by Gasteiger charge is 2.72. The fourth-order valence-corrected chi connectivity index (χ4v) is 11.2. The molecular weight excluding hydrogens is 424 g/mol. The van der Waals surface area contributed by atoms with E-state index in [1.54, 1.807) is 0 Å². The number of ether oxygens (including phenoxy) is 1. The maximum atomic E-state index is 12.0. The Labute approximate surface area is 208 Å². The zero-order chi connectivity index (χ0) is 25.1. The Balaban J connectivity index is 1.48. The number of fused-ring (bicyclic) bond motifs is 5. The summed E-state index contributed by atoms with van der Waals surface area (Å²) in [6, 6.07) is 0. The van der Waals surface area contributed by atoms with Gasteiger partial charge in [0.25, 0.3) is 0 Å². The molecule has 5 fully saturated rings. The van der Waals surface area contributed by atoms with Crippen LogP contribution in [-0.4, -0.2) is 44.8 Å². The first-order valence-corrected chi connectivity index (χ1v) is 14.3. The van der Waals surface area contributed by atoms with Crippen LogP contribution in [0.15, 0.2) is 0 Å². The van der Waals surface area contributed by atoms with E-state index < -0.39 is 5.60 Å². The van der Waals surface area contributed by atoms with Crippen LogP contribution in [0.2, 0.25) is 0 Å². The Bertz CT molecular complexity index is 817. The topological polar surface area (TPSA) is 69.9 Å². The van der Waals surface area contributed by atoms with E-state index in [0.717, 1.165) is 51.4 Å². The largest absolute Gasteiger partial charge is 0.393 e. The molecule has 34 heavy (non-hydrogen) atoms. The summed E-state index contributed by atoms with van der Waals surface area (Å²) in [7, 11) is 0. The zero-order valence-corrected chi connectivity index (χ0v) is 23.2. The lowest BCUT2D eigenvalue weighted by atomic mass is 9.35. The van der Waals surface area contributed by atoms with Crippen molar-refractivity contribution >= 4 is 0 Å². The minimum Gasteiger partial charge on any atom is -0.393 e. The van der Waals surface area contributed by atoms with Crippen molar-refractivity contribution in [3.05, 3.63) is 0 Å². The summed E-state index contributed by atoms with van der Waals surface area (Å²) < 4.78 is 6.68. The summed E-state index contributed by atoms with van der Waals surface area (Å²) in [4.78, 5) is 0. The Morgan fingerprint density at radius 3 is 2.03 bits per heavy atom. The molecule has 1 saturated heterocycles. The molecular formula is C30H52O4. The predicted molar refractivity (Wildman–Crippen MR) is 135 cm³/mol. The Hall–Kier alpha value is -0.160. The van der Waals surface area contributed by atoms with Gasteiger partial charge in [-0.25, -0.2) is 0 Å². The molecule has 5 rings (SSSR count). The van der Waals surface area contributed by atoms with Crippen molar-refractivity contribution in [2.75, 3.05) is 0 Å². The van der Waals surface area contributed by atoms with Crippen LogP contribution in [-0.2, 0) is 4.74 Å². The van der Waals surface area contributed by atoms with Crippen molar-refractivity contribution in [3.63, 3.8) is 0 Å². The first-order valence-electron chi connectivity index (χ1n) is 14.3. The van der Waals surface area contributed by atoms with Crippen molar-refractivity contribution in [2.45, 2.75) is 143 Å². The van der Waals surface area contributed by atoms with Crippen LogP contribution >= 0.6 is 0 Å². The van der Waals surface area contributed by atoms with E-state index >= 15 is 0 Å². The van der Waals surface area contributed by atoms with Gasteiger partial charge in [-0.05, 0) is 124 Å². The third-order valence-corrected chi connectivity index (χ3v) is 13.2. The summed E-state index contributed by atoms with van der Waals surface area (Å²) >= 11 is 0. The van der Waals surface area contributed by atoms with Crippen LogP contribution in [0.5, 0.6) is 0 Å². The molecule has 5 aliphatic rings. The minimum atomic E-state index is -0.811. The molecule has 1 aliphatic heterocycles. The number of aliphatic hydroxyl groups is 3. The van der Waals surface area contributed by atoms with Crippen LogP contribution in [0.25, 0.3) is 0 Å². The highest BCUT2D eigenvalue weighted by molar-refractivity contribution is 5.20. The molecule has 4 aliphatic carbocycles. The Morgan fingerprint density at radius 2 is 1.41 bits per heavy atom. The molecule has 0 spiro atoms. The average molecular weight is 477 g/mol. The normalized spacial score (nSPS) is 57.1. The average Bonchev–Trinajstić information content (AvgIpc) is 3.27. The van der Waals surface area contributed by atoms with Gasteiger partial charge >= 0.3 is 0 Å². The smallest absolute Gasteiger partial charge is 0.0865 e. The lowest BCUT2D eigenvalue weighted by Crippen LogP contribution is -2.67. The number of hydrogen-bond acceptors (Lipinski definition) is 4. The fourth-order valence-electron chi connectivity index (χ4n) is 11.2.